The summed E-state index contributed by atoms with van der Waals surface area (Å²) in [6.45, 7) is 9.45. The topological polar surface area (TPSA) is 37.8 Å². The highest BCUT2D eigenvalue weighted by Crippen LogP contribution is 2.38. The molecule has 1 N–H and O–H groups in total. The molecule has 2 heterocycles. The van der Waals surface area contributed by atoms with Gasteiger partial charge in [-0.1, -0.05) is 43.8 Å². The molecule has 104 valence electrons. The predicted molar refractivity (Wildman–Crippen MR) is 83.5 cm³/mol. The monoisotopic (exact) mass is 315 g/mol. The Kier molecular flexibility index (Phi) is 4.61. The van der Waals surface area contributed by atoms with E-state index in [1.54, 1.807) is 11.3 Å². The molecule has 0 aliphatic rings. The van der Waals surface area contributed by atoms with Crippen molar-refractivity contribution in [3.05, 3.63) is 31.9 Å². The highest BCUT2D eigenvalue weighted by Gasteiger charge is 2.29. The Morgan fingerprint density at radius 3 is 2.63 bits per heavy atom. The second-order valence-electron chi connectivity index (χ2n) is 5.36. The van der Waals surface area contributed by atoms with Crippen molar-refractivity contribution in [3.8, 4) is 0 Å². The number of nitrogens with one attached hydrogen (secondary N) is 1. The van der Waals surface area contributed by atoms with Gasteiger partial charge in [0, 0.05) is 10.3 Å². The summed E-state index contributed by atoms with van der Waals surface area (Å²) in [5, 5.41) is 10.6. The number of nitrogens with zero attached hydrogens (tertiary/aromatic N) is 2. The van der Waals surface area contributed by atoms with Crippen molar-refractivity contribution in [2.24, 2.45) is 0 Å². The van der Waals surface area contributed by atoms with E-state index in [9.17, 15) is 0 Å². The second kappa shape index (κ2) is 5.87. The largest absolute Gasteiger partial charge is 0.305 e. The van der Waals surface area contributed by atoms with Crippen LogP contribution in [0.4, 0.5) is 0 Å². The van der Waals surface area contributed by atoms with Crippen molar-refractivity contribution < 1.29 is 0 Å². The van der Waals surface area contributed by atoms with E-state index in [2.05, 4.69) is 42.6 Å². The van der Waals surface area contributed by atoms with Crippen LogP contribution in [0.5, 0.6) is 0 Å². The predicted octanol–water partition coefficient (Wildman–Crippen LogP) is 4.25. The van der Waals surface area contributed by atoms with Crippen LogP contribution in [-0.4, -0.2) is 16.1 Å². The minimum Gasteiger partial charge on any atom is -0.305 e. The van der Waals surface area contributed by atoms with Crippen molar-refractivity contribution in [3.63, 3.8) is 0 Å². The summed E-state index contributed by atoms with van der Waals surface area (Å²) in [7, 11) is 0. The standard InChI is InChI=1S/C13H18ClN3S2/c1-5-15-9(10-8(14)6-7-18-10)11-12(13(2,3)4)16-17-19-11/h6-7,9,15H,5H2,1-4H3. The van der Waals surface area contributed by atoms with Crippen LogP contribution in [0.25, 0.3) is 0 Å². The maximum atomic E-state index is 6.29. The molecule has 0 amide bonds. The lowest BCUT2D eigenvalue weighted by atomic mass is 9.90. The van der Waals surface area contributed by atoms with Gasteiger partial charge in [-0.3, -0.25) is 0 Å². The van der Waals surface area contributed by atoms with Crippen LogP contribution in [0.3, 0.4) is 0 Å². The molecule has 0 aliphatic carbocycles. The van der Waals surface area contributed by atoms with E-state index in [0.717, 1.165) is 22.1 Å². The summed E-state index contributed by atoms with van der Waals surface area (Å²) >= 11 is 9.42. The fraction of sp³-hybridized carbons (Fsp3) is 0.538. The lowest BCUT2D eigenvalue weighted by Crippen LogP contribution is -2.24. The SMILES string of the molecule is CCNC(c1sccc1Cl)c1snnc1C(C)(C)C. The molecule has 0 radical (unpaired) electrons. The second-order valence-corrected chi connectivity index (χ2v) is 7.50. The first-order chi connectivity index (χ1) is 8.95. The average molecular weight is 316 g/mol. The number of hydrogen-bond donors (Lipinski definition) is 1. The molecule has 1 atom stereocenters. The van der Waals surface area contributed by atoms with Gasteiger partial charge >= 0.3 is 0 Å². The van der Waals surface area contributed by atoms with Crippen LogP contribution in [0.2, 0.25) is 5.02 Å². The number of rotatable bonds is 4. The van der Waals surface area contributed by atoms with Gasteiger partial charge in [0.15, 0.2) is 0 Å². The fourth-order valence-electron chi connectivity index (χ4n) is 1.93. The molecule has 6 heteroatoms. The van der Waals surface area contributed by atoms with Gasteiger partial charge in [0.25, 0.3) is 0 Å². The Bertz CT molecular complexity index is 542. The summed E-state index contributed by atoms with van der Waals surface area (Å²) < 4.78 is 4.14. The van der Waals surface area contributed by atoms with Crippen molar-refractivity contribution in [1.29, 1.82) is 0 Å². The zero-order valence-corrected chi connectivity index (χ0v) is 13.9. The first-order valence-electron chi connectivity index (χ1n) is 6.24. The third-order valence-corrected chi connectivity index (χ3v) is 5.01. The van der Waals surface area contributed by atoms with Crippen molar-refractivity contribution >= 4 is 34.5 Å². The van der Waals surface area contributed by atoms with Gasteiger partial charge in [0.2, 0.25) is 0 Å². The Labute approximate surface area is 127 Å². The van der Waals surface area contributed by atoms with Crippen LogP contribution in [-0.2, 0) is 5.41 Å². The van der Waals surface area contributed by atoms with Crippen LogP contribution in [0.1, 0.15) is 49.2 Å². The molecule has 2 aromatic rings. The Hall–Kier alpha value is -0.490. The third-order valence-electron chi connectivity index (χ3n) is 2.80. The zero-order chi connectivity index (χ0) is 14.0. The van der Waals surface area contributed by atoms with E-state index in [4.69, 9.17) is 11.6 Å². The highest BCUT2D eigenvalue weighted by atomic mass is 35.5. The van der Waals surface area contributed by atoms with Crippen LogP contribution in [0.15, 0.2) is 11.4 Å². The summed E-state index contributed by atoms with van der Waals surface area (Å²) in [6, 6.07) is 2.03. The summed E-state index contributed by atoms with van der Waals surface area (Å²) in [5.41, 5.74) is 1.03. The summed E-state index contributed by atoms with van der Waals surface area (Å²) in [4.78, 5) is 2.30. The molecule has 19 heavy (non-hydrogen) atoms. The number of aromatic nitrogens is 2. The molecule has 0 aliphatic heterocycles. The Balaban J connectivity index is 2.46. The van der Waals surface area contributed by atoms with E-state index in [1.165, 1.54) is 16.4 Å². The number of halogens is 1. The molecule has 0 saturated heterocycles. The van der Waals surface area contributed by atoms with E-state index in [0.29, 0.717) is 0 Å². The molecule has 3 nitrogen and oxygen atoms in total. The smallest absolute Gasteiger partial charge is 0.0860 e. The molecule has 2 rings (SSSR count). The molecule has 0 aromatic carbocycles. The van der Waals surface area contributed by atoms with Crippen molar-refractivity contribution in [2.45, 2.75) is 39.2 Å². The molecular formula is C13H18ClN3S2. The first kappa shape index (κ1) is 14.9. The van der Waals surface area contributed by atoms with Crippen LogP contribution < -0.4 is 5.32 Å². The maximum absolute atomic E-state index is 6.29. The van der Waals surface area contributed by atoms with Crippen molar-refractivity contribution in [1.82, 2.24) is 14.9 Å². The van der Waals surface area contributed by atoms with Gasteiger partial charge in [-0.05, 0) is 29.5 Å². The Morgan fingerprint density at radius 2 is 2.11 bits per heavy atom. The van der Waals surface area contributed by atoms with E-state index in [1.807, 2.05) is 11.4 Å². The zero-order valence-electron chi connectivity index (χ0n) is 11.5. The van der Waals surface area contributed by atoms with Crippen LogP contribution in [0, 0.1) is 0 Å². The molecule has 0 fully saturated rings. The van der Waals surface area contributed by atoms with Gasteiger partial charge in [0.1, 0.15) is 0 Å². The maximum Gasteiger partial charge on any atom is 0.0860 e. The summed E-state index contributed by atoms with van der Waals surface area (Å²) in [6.07, 6.45) is 0. The molecule has 2 aromatic heterocycles. The van der Waals surface area contributed by atoms with Gasteiger partial charge in [-0.15, -0.1) is 16.4 Å². The molecular weight excluding hydrogens is 298 g/mol. The minimum atomic E-state index is -0.0141. The van der Waals surface area contributed by atoms with Gasteiger partial charge in [0.05, 0.1) is 21.6 Å². The number of hydrogen-bond acceptors (Lipinski definition) is 5. The Morgan fingerprint density at radius 1 is 1.37 bits per heavy atom. The normalized spacial score (nSPS) is 13.7. The fourth-order valence-corrected chi connectivity index (χ4v) is 4.20. The number of thiophene rings is 1. The minimum absolute atomic E-state index is 0.0141. The summed E-state index contributed by atoms with van der Waals surface area (Å²) in [5.74, 6) is 0. The highest BCUT2D eigenvalue weighted by molar-refractivity contribution is 7.11. The quantitative estimate of drug-likeness (QED) is 0.916. The molecule has 1 unspecified atom stereocenters. The average Bonchev–Trinajstić information content (AvgIpc) is 2.93. The lowest BCUT2D eigenvalue weighted by Gasteiger charge is -2.22. The van der Waals surface area contributed by atoms with E-state index < -0.39 is 0 Å². The van der Waals surface area contributed by atoms with E-state index in [-0.39, 0.29) is 11.5 Å². The molecule has 0 saturated carbocycles. The lowest BCUT2D eigenvalue weighted by molar-refractivity contribution is 0.545. The van der Waals surface area contributed by atoms with E-state index >= 15 is 0 Å². The van der Waals surface area contributed by atoms with Gasteiger partial charge < -0.3 is 5.32 Å². The van der Waals surface area contributed by atoms with Gasteiger partial charge in [-0.25, -0.2) is 0 Å². The molecule has 0 bridgehead atoms. The third kappa shape index (κ3) is 3.16. The van der Waals surface area contributed by atoms with Crippen molar-refractivity contribution in [2.75, 3.05) is 6.54 Å². The van der Waals surface area contributed by atoms with Gasteiger partial charge in [-0.2, -0.15) is 0 Å². The van der Waals surface area contributed by atoms with Crippen LogP contribution >= 0.6 is 34.5 Å². The molecule has 0 spiro atoms. The first-order valence-corrected chi connectivity index (χ1v) is 8.27.